The Morgan fingerprint density at radius 1 is 1.64 bits per heavy atom. The molecule has 0 spiro atoms. The summed E-state index contributed by atoms with van der Waals surface area (Å²) in [5.74, 6) is 2.20. The van der Waals surface area contributed by atoms with E-state index in [1.807, 2.05) is 6.92 Å². The molecule has 0 saturated carbocycles. The van der Waals surface area contributed by atoms with Crippen LogP contribution in [-0.2, 0) is 4.65 Å². The summed E-state index contributed by atoms with van der Waals surface area (Å²) < 4.78 is 5.53. The molecule has 1 heterocycles. The molecule has 0 N–H and O–H groups in total. The summed E-state index contributed by atoms with van der Waals surface area (Å²) in [4.78, 5) is 2.32. The Balaban J connectivity index is 2.46. The molecule has 0 aromatic rings. The van der Waals surface area contributed by atoms with Crippen LogP contribution in [0.2, 0.25) is 0 Å². The minimum absolute atomic E-state index is 0.241. The summed E-state index contributed by atoms with van der Waals surface area (Å²) in [6.45, 7) is 9.29. The maximum Gasteiger partial charge on any atom is 0.411 e. The Bertz CT molecular complexity index is 158. The molecular formula is C8H16BNO. The highest BCUT2D eigenvalue weighted by molar-refractivity contribution is 6.55. The Morgan fingerprint density at radius 3 is 2.91 bits per heavy atom. The van der Waals surface area contributed by atoms with Gasteiger partial charge in [0.25, 0.3) is 0 Å². The molecular weight excluding hydrogens is 137 g/mol. The Hall–Kier alpha value is -0.275. The van der Waals surface area contributed by atoms with Gasteiger partial charge in [-0.3, -0.25) is 0 Å². The molecule has 0 aromatic heterocycles. The first-order valence-electron chi connectivity index (χ1n) is 4.30. The Kier molecular flexibility index (Phi) is 3.15. The number of rotatable bonds is 3. The van der Waals surface area contributed by atoms with Gasteiger partial charge in [-0.25, -0.2) is 0 Å². The number of nitrogens with zero attached hydrogens (tertiary/aromatic N) is 1. The minimum atomic E-state index is 0.241. The first kappa shape index (κ1) is 8.82. The van der Waals surface area contributed by atoms with E-state index in [1.54, 1.807) is 0 Å². The highest BCUT2D eigenvalue weighted by atomic mass is 16.4. The van der Waals surface area contributed by atoms with Gasteiger partial charge in [0.2, 0.25) is 0 Å². The molecule has 62 valence electrons. The van der Waals surface area contributed by atoms with Gasteiger partial charge >= 0.3 is 7.05 Å². The fourth-order valence-electron chi connectivity index (χ4n) is 1.43. The maximum absolute atomic E-state index is 5.53. The number of likely N-dealkylation sites (N-methyl/N-ethyl adjacent to an activating group) is 1. The second kappa shape index (κ2) is 3.93. The zero-order valence-electron chi connectivity index (χ0n) is 7.63. The van der Waals surface area contributed by atoms with Crippen molar-refractivity contribution in [1.29, 1.82) is 0 Å². The van der Waals surface area contributed by atoms with Crippen LogP contribution >= 0.6 is 0 Å². The van der Waals surface area contributed by atoms with Crippen molar-refractivity contribution in [2.24, 2.45) is 0 Å². The van der Waals surface area contributed by atoms with Crippen LogP contribution in [0.15, 0.2) is 11.5 Å². The molecule has 0 bridgehead atoms. The average Bonchev–Trinajstić information content (AvgIpc) is 2.32. The molecule has 0 radical (unpaired) electrons. The third kappa shape index (κ3) is 2.07. The molecule has 3 heteroatoms. The van der Waals surface area contributed by atoms with Gasteiger partial charge in [0.15, 0.2) is 0 Å². The molecule has 0 unspecified atom stereocenters. The van der Waals surface area contributed by atoms with Gasteiger partial charge in [-0.1, -0.05) is 18.5 Å². The van der Waals surface area contributed by atoms with Crippen LogP contribution in [0.3, 0.4) is 0 Å². The predicted molar refractivity (Wildman–Crippen MR) is 48.4 cm³/mol. The second-order valence-corrected chi connectivity index (χ2v) is 2.92. The molecule has 0 fully saturated rings. The highest BCUT2D eigenvalue weighted by Crippen LogP contribution is 2.12. The van der Waals surface area contributed by atoms with E-state index >= 15 is 0 Å². The lowest BCUT2D eigenvalue weighted by Crippen LogP contribution is -2.36. The van der Waals surface area contributed by atoms with Crippen molar-refractivity contribution >= 4 is 7.05 Å². The van der Waals surface area contributed by atoms with Gasteiger partial charge in [-0.15, -0.1) is 0 Å². The van der Waals surface area contributed by atoms with Gasteiger partial charge in [0, 0.05) is 13.2 Å². The summed E-state index contributed by atoms with van der Waals surface area (Å²) in [5, 5.41) is 0. The van der Waals surface area contributed by atoms with E-state index < -0.39 is 0 Å². The standard InChI is InChI=1S/C8H16BNO/c1-4-10-7-8(3)6-9(10)11-5-2/h6H,4-5,7H2,1-3H3. The lowest BCUT2D eigenvalue weighted by Gasteiger charge is -2.18. The quantitative estimate of drug-likeness (QED) is 0.567. The fourth-order valence-corrected chi connectivity index (χ4v) is 1.43. The van der Waals surface area contributed by atoms with Crippen molar-refractivity contribution in [3.05, 3.63) is 11.5 Å². The third-order valence-electron chi connectivity index (χ3n) is 1.98. The van der Waals surface area contributed by atoms with Crippen molar-refractivity contribution in [2.75, 3.05) is 19.7 Å². The molecule has 1 rings (SSSR count). The molecule has 0 aliphatic carbocycles. The molecule has 1 aliphatic rings. The normalized spacial score (nSPS) is 19.2. The van der Waals surface area contributed by atoms with E-state index in [2.05, 4.69) is 24.6 Å². The topological polar surface area (TPSA) is 12.5 Å². The largest absolute Gasteiger partial charge is 0.418 e. The Labute approximate surface area is 69.4 Å². The summed E-state index contributed by atoms with van der Waals surface area (Å²) in [6.07, 6.45) is 0. The van der Waals surface area contributed by atoms with Crippen LogP contribution in [0, 0.1) is 0 Å². The summed E-state index contributed by atoms with van der Waals surface area (Å²) >= 11 is 0. The molecule has 11 heavy (non-hydrogen) atoms. The third-order valence-corrected chi connectivity index (χ3v) is 1.98. The molecule has 0 aromatic carbocycles. The minimum Gasteiger partial charge on any atom is -0.418 e. The highest BCUT2D eigenvalue weighted by Gasteiger charge is 2.26. The first-order chi connectivity index (χ1) is 5.27. The lowest BCUT2D eigenvalue weighted by molar-refractivity contribution is 0.299. The van der Waals surface area contributed by atoms with E-state index in [-0.39, 0.29) is 7.05 Å². The second-order valence-electron chi connectivity index (χ2n) is 2.92. The van der Waals surface area contributed by atoms with Crippen molar-refractivity contribution < 1.29 is 4.65 Å². The van der Waals surface area contributed by atoms with Crippen LogP contribution in [0.4, 0.5) is 0 Å². The zero-order chi connectivity index (χ0) is 8.27. The van der Waals surface area contributed by atoms with Crippen molar-refractivity contribution in [1.82, 2.24) is 4.81 Å². The van der Waals surface area contributed by atoms with Gasteiger partial charge in [0.05, 0.1) is 0 Å². The lowest BCUT2D eigenvalue weighted by atomic mass is 9.83. The van der Waals surface area contributed by atoms with Gasteiger partial charge < -0.3 is 9.47 Å². The molecule has 0 saturated heterocycles. The van der Waals surface area contributed by atoms with Gasteiger partial charge in [-0.05, 0) is 20.4 Å². The molecule has 1 aliphatic heterocycles. The molecule has 2 nitrogen and oxygen atoms in total. The average molecular weight is 153 g/mol. The van der Waals surface area contributed by atoms with Crippen molar-refractivity contribution in [2.45, 2.75) is 20.8 Å². The number of hydrogen-bond acceptors (Lipinski definition) is 2. The summed E-state index contributed by atoms with van der Waals surface area (Å²) in [6, 6.07) is 0. The number of hydrogen-bond donors (Lipinski definition) is 0. The van der Waals surface area contributed by atoms with Crippen LogP contribution in [-0.4, -0.2) is 31.6 Å². The van der Waals surface area contributed by atoms with Crippen LogP contribution < -0.4 is 0 Å². The smallest absolute Gasteiger partial charge is 0.411 e. The van der Waals surface area contributed by atoms with E-state index in [0.717, 1.165) is 19.7 Å². The van der Waals surface area contributed by atoms with E-state index in [4.69, 9.17) is 4.65 Å². The van der Waals surface area contributed by atoms with Crippen LogP contribution in [0.25, 0.3) is 0 Å². The predicted octanol–water partition coefficient (Wildman–Crippen LogP) is 1.33. The monoisotopic (exact) mass is 153 g/mol. The van der Waals surface area contributed by atoms with E-state index in [0.29, 0.717) is 0 Å². The van der Waals surface area contributed by atoms with Crippen molar-refractivity contribution in [3.63, 3.8) is 0 Å². The van der Waals surface area contributed by atoms with Gasteiger partial charge in [0.1, 0.15) is 0 Å². The van der Waals surface area contributed by atoms with E-state index in [1.165, 1.54) is 5.57 Å². The maximum atomic E-state index is 5.53. The molecule has 0 atom stereocenters. The first-order valence-corrected chi connectivity index (χ1v) is 4.30. The SMILES string of the molecule is CCOB1C=C(C)CN1CC. The zero-order valence-corrected chi connectivity index (χ0v) is 7.63. The fraction of sp³-hybridized carbons (Fsp3) is 0.750. The van der Waals surface area contributed by atoms with E-state index in [9.17, 15) is 0 Å². The van der Waals surface area contributed by atoms with Crippen molar-refractivity contribution in [3.8, 4) is 0 Å². The van der Waals surface area contributed by atoms with Crippen LogP contribution in [0.1, 0.15) is 20.8 Å². The van der Waals surface area contributed by atoms with Crippen LogP contribution in [0.5, 0.6) is 0 Å². The Morgan fingerprint density at radius 2 is 2.36 bits per heavy atom. The summed E-state index contributed by atoms with van der Waals surface area (Å²) in [7, 11) is 0.241. The van der Waals surface area contributed by atoms with Gasteiger partial charge in [-0.2, -0.15) is 0 Å². The summed E-state index contributed by atoms with van der Waals surface area (Å²) in [5.41, 5.74) is 1.42. The molecule has 0 amide bonds.